The van der Waals surface area contributed by atoms with Crippen LogP contribution >= 0.6 is 0 Å². The fraction of sp³-hybridized carbons (Fsp3) is 0. The van der Waals surface area contributed by atoms with Crippen LogP contribution in [0.1, 0.15) is 5.56 Å². The Labute approximate surface area is 107 Å². The third-order valence-corrected chi connectivity index (χ3v) is 2.02. The van der Waals surface area contributed by atoms with Crippen molar-refractivity contribution in [2.45, 2.75) is 0 Å². The number of hydrogen-bond donors (Lipinski definition) is 0. The maximum absolute atomic E-state index is 11.3. The molecule has 0 saturated heterocycles. The maximum Gasteiger partial charge on any atom is 1.00 e. The molecule has 0 fully saturated rings. The van der Waals surface area contributed by atoms with Crippen molar-refractivity contribution in [3.8, 4) is 5.75 Å². The third kappa shape index (κ3) is 3.27. The van der Waals surface area contributed by atoms with Crippen LogP contribution in [-0.4, -0.2) is 6.21 Å². The molecule has 2 nitrogen and oxygen atoms in total. The molecule has 0 spiro atoms. The Hall–Kier alpha value is -1.49. The van der Waals surface area contributed by atoms with Crippen LogP contribution < -0.4 is 24.0 Å². The van der Waals surface area contributed by atoms with E-state index in [0.717, 1.165) is 5.56 Å². The molecule has 74 valence electrons. The summed E-state index contributed by atoms with van der Waals surface area (Å²) in [6, 6.07) is 16.4. The molecular formula is C13H10LiNO. The first kappa shape index (κ1) is 12.6. The first-order valence-electron chi connectivity index (χ1n) is 4.71. The summed E-state index contributed by atoms with van der Waals surface area (Å²) in [5, 5.41) is 11.3. The van der Waals surface area contributed by atoms with Crippen molar-refractivity contribution in [2.24, 2.45) is 4.99 Å². The van der Waals surface area contributed by atoms with E-state index in [2.05, 4.69) is 4.99 Å². The van der Waals surface area contributed by atoms with Gasteiger partial charge < -0.3 is 5.11 Å². The molecule has 0 aliphatic carbocycles. The summed E-state index contributed by atoms with van der Waals surface area (Å²) in [6.07, 6.45) is 1.69. The Morgan fingerprint density at radius 1 is 0.875 bits per heavy atom. The summed E-state index contributed by atoms with van der Waals surface area (Å²) in [4.78, 5) is 4.14. The van der Waals surface area contributed by atoms with Gasteiger partial charge >= 0.3 is 18.9 Å². The fourth-order valence-corrected chi connectivity index (χ4v) is 1.25. The van der Waals surface area contributed by atoms with Gasteiger partial charge in [-0.1, -0.05) is 54.3 Å². The second-order valence-corrected chi connectivity index (χ2v) is 3.14. The Balaban J connectivity index is 0.00000128. The minimum absolute atomic E-state index is 0. The number of para-hydroxylation sites is 2. The molecule has 0 aliphatic rings. The van der Waals surface area contributed by atoms with Gasteiger partial charge in [0, 0.05) is 6.21 Å². The van der Waals surface area contributed by atoms with Crippen LogP contribution in [0.15, 0.2) is 59.6 Å². The van der Waals surface area contributed by atoms with Crippen molar-refractivity contribution in [1.29, 1.82) is 0 Å². The first-order chi connectivity index (χ1) is 7.36. The molecule has 3 heteroatoms. The predicted octanol–water partition coefficient (Wildman–Crippen LogP) is -0.485. The van der Waals surface area contributed by atoms with Gasteiger partial charge in [-0.05, 0) is 11.6 Å². The summed E-state index contributed by atoms with van der Waals surface area (Å²) < 4.78 is 0. The molecule has 0 atom stereocenters. The normalized spacial score (nSPS) is 10.0. The molecule has 0 aliphatic heterocycles. The van der Waals surface area contributed by atoms with Gasteiger partial charge in [-0.15, -0.1) is 0 Å². The zero-order valence-electron chi connectivity index (χ0n) is 9.13. The smallest absolute Gasteiger partial charge is 0.871 e. The SMILES string of the molecule is [Li+].[O-]c1ccccc1N=Cc1ccccc1. The summed E-state index contributed by atoms with van der Waals surface area (Å²) >= 11 is 0. The van der Waals surface area contributed by atoms with Gasteiger partial charge in [0.05, 0.1) is 5.69 Å². The summed E-state index contributed by atoms with van der Waals surface area (Å²) in [6.45, 7) is 0. The van der Waals surface area contributed by atoms with E-state index in [-0.39, 0.29) is 24.6 Å². The molecule has 0 unspecified atom stereocenters. The van der Waals surface area contributed by atoms with Gasteiger partial charge in [-0.25, -0.2) is 0 Å². The van der Waals surface area contributed by atoms with Crippen molar-refractivity contribution >= 4 is 11.9 Å². The number of aliphatic imine (C=N–C) groups is 1. The number of benzene rings is 2. The zero-order chi connectivity index (χ0) is 10.5. The van der Waals surface area contributed by atoms with E-state index in [1.807, 2.05) is 30.3 Å². The van der Waals surface area contributed by atoms with Crippen molar-refractivity contribution in [3.63, 3.8) is 0 Å². The van der Waals surface area contributed by atoms with E-state index in [9.17, 15) is 5.11 Å². The topological polar surface area (TPSA) is 35.4 Å². The molecule has 2 rings (SSSR count). The standard InChI is InChI=1S/C13H11NO.Li/c15-13-9-5-4-8-12(13)14-10-11-6-2-1-3-7-11;/h1-10,15H;/q;+1/p-1. The summed E-state index contributed by atoms with van der Waals surface area (Å²) in [5.41, 5.74) is 1.46. The van der Waals surface area contributed by atoms with Crippen molar-refractivity contribution < 1.29 is 24.0 Å². The molecule has 16 heavy (non-hydrogen) atoms. The summed E-state index contributed by atoms with van der Waals surface area (Å²) in [7, 11) is 0. The minimum atomic E-state index is -0.0512. The molecule has 0 amide bonds. The number of hydrogen-bond acceptors (Lipinski definition) is 2. The number of nitrogens with zero attached hydrogens (tertiary/aromatic N) is 1. The fourth-order valence-electron chi connectivity index (χ4n) is 1.25. The van der Waals surface area contributed by atoms with Crippen LogP contribution in [0, 0.1) is 0 Å². The van der Waals surface area contributed by atoms with Crippen molar-refractivity contribution in [1.82, 2.24) is 0 Å². The monoisotopic (exact) mass is 203 g/mol. The molecule has 2 aromatic rings. The Bertz CT molecular complexity index is 468. The van der Waals surface area contributed by atoms with Crippen molar-refractivity contribution in [3.05, 3.63) is 60.2 Å². The molecule has 2 aromatic carbocycles. The molecule has 0 saturated carbocycles. The number of rotatable bonds is 2. The zero-order valence-corrected chi connectivity index (χ0v) is 9.13. The van der Waals surface area contributed by atoms with Crippen LogP contribution in [0.5, 0.6) is 5.75 Å². The van der Waals surface area contributed by atoms with Gasteiger partial charge in [-0.2, -0.15) is 0 Å². The predicted molar refractivity (Wildman–Crippen MR) is 59.6 cm³/mol. The van der Waals surface area contributed by atoms with Crippen LogP contribution in [0.3, 0.4) is 0 Å². The average Bonchev–Trinajstić information content (AvgIpc) is 2.29. The summed E-state index contributed by atoms with van der Waals surface area (Å²) in [5.74, 6) is -0.0512. The van der Waals surface area contributed by atoms with Crippen molar-refractivity contribution in [2.75, 3.05) is 0 Å². The van der Waals surface area contributed by atoms with Gasteiger partial charge in [0.1, 0.15) is 0 Å². The van der Waals surface area contributed by atoms with Crippen LogP contribution in [0.25, 0.3) is 0 Å². The van der Waals surface area contributed by atoms with E-state index in [1.165, 1.54) is 6.07 Å². The Kier molecular flexibility index (Phi) is 4.85. The van der Waals surface area contributed by atoms with Crippen LogP contribution in [-0.2, 0) is 0 Å². The molecule has 0 N–H and O–H groups in total. The van der Waals surface area contributed by atoms with Gasteiger partial charge in [0.2, 0.25) is 0 Å². The van der Waals surface area contributed by atoms with Gasteiger partial charge in [0.15, 0.2) is 0 Å². The first-order valence-corrected chi connectivity index (χ1v) is 4.71. The molecule has 0 bridgehead atoms. The molecule has 0 aromatic heterocycles. The quantitative estimate of drug-likeness (QED) is 0.479. The second-order valence-electron chi connectivity index (χ2n) is 3.14. The van der Waals surface area contributed by atoms with E-state index in [0.29, 0.717) is 5.69 Å². The van der Waals surface area contributed by atoms with Crippen LogP contribution in [0.4, 0.5) is 5.69 Å². The van der Waals surface area contributed by atoms with Crippen LogP contribution in [0.2, 0.25) is 0 Å². The minimum Gasteiger partial charge on any atom is -0.871 e. The van der Waals surface area contributed by atoms with E-state index in [4.69, 9.17) is 0 Å². The third-order valence-electron chi connectivity index (χ3n) is 2.02. The van der Waals surface area contributed by atoms with E-state index in [1.54, 1.807) is 24.4 Å². The van der Waals surface area contributed by atoms with E-state index < -0.39 is 0 Å². The average molecular weight is 203 g/mol. The maximum atomic E-state index is 11.3. The van der Waals surface area contributed by atoms with E-state index >= 15 is 0 Å². The molecular weight excluding hydrogens is 193 g/mol. The molecule has 0 heterocycles. The van der Waals surface area contributed by atoms with Gasteiger partial charge in [0.25, 0.3) is 0 Å². The molecule has 0 radical (unpaired) electrons. The largest absolute Gasteiger partial charge is 1.00 e. The Morgan fingerprint density at radius 3 is 2.19 bits per heavy atom. The second kappa shape index (κ2) is 6.17. The Morgan fingerprint density at radius 2 is 1.50 bits per heavy atom. The van der Waals surface area contributed by atoms with Gasteiger partial charge in [-0.3, -0.25) is 4.99 Å².